The fraction of sp³-hybridized carbons (Fsp3) is 0.500. The van der Waals surface area contributed by atoms with Crippen molar-refractivity contribution in [3.8, 4) is 0 Å². The summed E-state index contributed by atoms with van der Waals surface area (Å²) in [7, 11) is 0. The van der Waals surface area contributed by atoms with Crippen LogP contribution in [0.3, 0.4) is 0 Å². The number of primary amides is 1. The lowest BCUT2D eigenvalue weighted by Gasteiger charge is -2.40. The van der Waals surface area contributed by atoms with Crippen LogP contribution in [0.4, 0.5) is 13.2 Å². The first-order valence-electron chi connectivity index (χ1n) is 8.34. The number of halogens is 3. The summed E-state index contributed by atoms with van der Waals surface area (Å²) in [5, 5.41) is 11.7. The van der Waals surface area contributed by atoms with Gasteiger partial charge in [-0.2, -0.15) is 13.2 Å². The number of nitrogens with zero attached hydrogens (tertiary/aromatic N) is 2. The lowest BCUT2D eigenvalue weighted by Crippen LogP contribution is -2.61. The van der Waals surface area contributed by atoms with Gasteiger partial charge in [-0.1, -0.05) is 24.4 Å². The molecule has 29 heavy (non-hydrogen) atoms. The number of ether oxygens (including phenoxy) is 2. The number of nitrogens with two attached hydrogens (primary N) is 1. The van der Waals surface area contributed by atoms with Gasteiger partial charge in [-0.3, -0.25) is 14.9 Å². The largest absolute Gasteiger partial charge is 0.416 e. The Morgan fingerprint density at radius 3 is 2.48 bits per heavy atom. The SMILES string of the molecule is NC(=O)C1(c2ccc(C(F)(F)F)cc2)COC2(CCN(C(=S)S)CC2[N+](=O)[O-])O1. The first kappa shape index (κ1) is 21.7. The van der Waals surface area contributed by atoms with Crippen molar-refractivity contribution in [2.75, 3.05) is 19.7 Å². The summed E-state index contributed by atoms with van der Waals surface area (Å²) >= 11 is 8.97. The van der Waals surface area contributed by atoms with Gasteiger partial charge in [0.05, 0.1) is 18.7 Å². The number of benzene rings is 1. The zero-order valence-electron chi connectivity index (χ0n) is 14.7. The van der Waals surface area contributed by atoms with Gasteiger partial charge in [0.1, 0.15) is 4.32 Å². The van der Waals surface area contributed by atoms with Gasteiger partial charge in [0.25, 0.3) is 11.9 Å². The van der Waals surface area contributed by atoms with Crippen LogP contribution in [-0.2, 0) is 26.0 Å². The fourth-order valence-corrected chi connectivity index (χ4v) is 3.84. The van der Waals surface area contributed by atoms with Crippen molar-refractivity contribution in [3.05, 3.63) is 45.5 Å². The van der Waals surface area contributed by atoms with Crippen LogP contribution < -0.4 is 5.73 Å². The minimum absolute atomic E-state index is 0.0177. The molecule has 2 aliphatic heterocycles. The highest BCUT2D eigenvalue weighted by Crippen LogP contribution is 2.45. The van der Waals surface area contributed by atoms with Gasteiger partial charge in [0.15, 0.2) is 5.60 Å². The molecular weight excluding hydrogens is 435 g/mol. The lowest BCUT2D eigenvalue weighted by molar-refractivity contribution is -0.566. The van der Waals surface area contributed by atoms with Crippen molar-refractivity contribution in [2.24, 2.45) is 5.73 Å². The van der Waals surface area contributed by atoms with E-state index in [9.17, 15) is 28.1 Å². The lowest BCUT2D eigenvalue weighted by atomic mass is 9.92. The second-order valence-electron chi connectivity index (χ2n) is 6.75. The second kappa shape index (κ2) is 7.38. The molecule has 1 spiro atoms. The van der Waals surface area contributed by atoms with Crippen molar-refractivity contribution in [1.29, 1.82) is 0 Å². The molecule has 13 heteroatoms. The molecule has 0 saturated carbocycles. The van der Waals surface area contributed by atoms with Gasteiger partial charge in [-0.15, -0.1) is 12.6 Å². The van der Waals surface area contributed by atoms with Crippen molar-refractivity contribution in [1.82, 2.24) is 4.90 Å². The maximum absolute atomic E-state index is 12.8. The van der Waals surface area contributed by atoms with Gasteiger partial charge in [0.2, 0.25) is 5.79 Å². The highest BCUT2D eigenvalue weighted by Gasteiger charge is 2.64. The summed E-state index contributed by atoms with van der Waals surface area (Å²) < 4.78 is 50.1. The summed E-state index contributed by atoms with van der Waals surface area (Å²) in [5.74, 6) is -2.81. The van der Waals surface area contributed by atoms with E-state index in [1.165, 1.54) is 4.90 Å². The van der Waals surface area contributed by atoms with E-state index >= 15 is 0 Å². The first-order chi connectivity index (χ1) is 13.4. The third-order valence-corrected chi connectivity index (χ3v) is 5.64. The van der Waals surface area contributed by atoms with Crippen LogP contribution in [-0.4, -0.2) is 51.6 Å². The van der Waals surface area contributed by atoms with Crippen LogP contribution >= 0.6 is 24.8 Å². The Balaban J connectivity index is 1.96. The van der Waals surface area contributed by atoms with Crippen molar-refractivity contribution in [3.63, 3.8) is 0 Å². The van der Waals surface area contributed by atoms with Crippen LogP contribution in [0.1, 0.15) is 17.5 Å². The smallest absolute Gasteiger partial charge is 0.367 e. The van der Waals surface area contributed by atoms with Crippen LogP contribution in [0.2, 0.25) is 0 Å². The average molecular weight is 451 g/mol. The third-order valence-electron chi connectivity index (χ3n) is 5.10. The highest BCUT2D eigenvalue weighted by atomic mass is 32.1. The summed E-state index contributed by atoms with van der Waals surface area (Å²) in [6.45, 7) is -0.422. The predicted octanol–water partition coefficient (Wildman–Crippen LogP) is 1.69. The molecule has 3 atom stereocenters. The Kier molecular flexibility index (Phi) is 5.53. The Morgan fingerprint density at radius 1 is 1.38 bits per heavy atom. The number of alkyl halides is 3. The number of amides is 1. The molecule has 2 fully saturated rings. The third kappa shape index (κ3) is 3.79. The summed E-state index contributed by atoms with van der Waals surface area (Å²) in [4.78, 5) is 24.8. The molecule has 2 saturated heterocycles. The molecule has 3 rings (SSSR count). The number of carbonyl (C=O) groups is 1. The maximum Gasteiger partial charge on any atom is 0.416 e. The molecule has 2 aliphatic rings. The zero-order chi connectivity index (χ0) is 21.6. The average Bonchev–Trinajstić information content (AvgIpc) is 3.02. The van der Waals surface area contributed by atoms with E-state index in [1.807, 2.05) is 0 Å². The number of likely N-dealkylation sites (tertiary alicyclic amines) is 1. The number of hydrogen-bond donors (Lipinski definition) is 2. The van der Waals surface area contributed by atoms with E-state index in [4.69, 9.17) is 27.4 Å². The molecule has 3 unspecified atom stereocenters. The van der Waals surface area contributed by atoms with Gasteiger partial charge < -0.3 is 20.1 Å². The van der Waals surface area contributed by atoms with Crippen molar-refractivity contribution >= 4 is 35.1 Å². The minimum Gasteiger partial charge on any atom is -0.367 e. The highest BCUT2D eigenvalue weighted by molar-refractivity contribution is 8.10. The molecule has 1 aromatic rings. The minimum atomic E-state index is -4.57. The second-order valence-corrected chi connectivity index (χ2v) is 7.86. The Hall–Kier alpha value is -1.96. The van der Waals surface area contributed by atoms with E-state index < -0.39 is 46.6 Å². The molecule has 8 nitrogen and oxygen atoms in total. The number of nitro groups is 1. The van der Waals surface area contributed by atoms with Gasteiger partial charge in [0, 0.05) is 17.9 Å². The quantitative estimate of drug-likeness (QED) is 0.312. The normalized spacial score (nSPS) is 29.8. The van der Waals surface area contributed by atoms with Crippen molar-refractivity contribution < 1.29 is 32.4 Å². The molecule has 0 bridgehead atoms. The standard InChI is InChI=1S/C16H16F3N3O5S2/c17-16(18,19)10-3-1-9(2-4-10)14(12(20)23)8-26-15(27-14)5-6-21(13(28)29)7-11(15)22(24)25/h1-4,11H,5-8H2,(H2,20,23)(H,28,29). The Bertz CT molecular complexity index is 853. The molecule has 0 aromatic heterocycles. The van der Waals surface area contributed by atoms with Crippen molar-refractivity contribution in [2.45, 2.75) is 30.0 Å². The molecule has 158 valence electrons. The Labute approximate surface area is 173 Å². The molecule has 2 N–H and O–H groups in total. The number of hydrogen-bond acceptors (Lipinski definition) is 6. The molecule has 0 aliphatic carbocycles. The molecule has 1 amide bonds. The molecular formula is C16H16F3N3O5S2. The first-order valence-corrected chi connectivity index (χ1v) is 9.20. The molecule has 0 radical (unpaired) electrons. The van der Waals surface area contributed by atoms with Crippen LogP contribution in [0.5, 0.6) is 0 Å². The van der Waals surface area contributed by atoms with Crippen LogP contribution in [0.25, 0.3) is 0 Å². The van der Waals surface area contributed by atoms with E-state index in [1.54, 1.807) is 0 Å². The van der Waals surface area contributed by atoms with E-state index in [0.717, 1.165) is 24.3 Å². The van der Waals surface area contributed by atoms with E-state index in [-0.39, 0.29) is 29.4 Å². The number of piperidine rings is 1. The van der Waals surface area contributed by atoms with Crippen LogP contribution in [0.15, 0.2) is 24.3 Å². The van der Waals surface area contributed by atoms with Crippen LogP contribution in [0, 0.1) is 10.1 Å². The van der Waals surface area contributed by atoms with Gasteiger partial charge in [-0.05, 0) is 17.7 Å². The zero-order valence-corrected chi connectivity index (χ0v) is 16.4. The fourth-order valence-electron chi connectivity index (χ4n) is 3.50. The maximum atomic E-state index is 12.8. The molecule has 1 aromatic carbocycles. The summed E-state index contributed by atoms with van der Waals surface area (Å²) in [6.07, 6.45) is -4.59. The van der Waals surface area contributed by atoms with Gasteiger partial charge in [-0.25, -0.2) is 0 Å². The number of thiocarbonyl (C=S) groups is 1. The summed E-state index contributed by atoms with van der Waals surface area (Å²) in [5.41, 5.74) is 2.63. The number of rotatable bonds is 3. The topological polar surface area (TPSA) is 108 Å². The van der Waals surface area contributed by atoms with E-state index in [2.05, 4.69) is 12.6 Å². The number of thiol groups is 1. The Morgan fingerprint density at radius 2 is 2.00 bits per heavy atom. The van der Waals surface area contributed by atoms with Gasteiger partial charge >= 0.3 is 6.18 Å². The summed E-state index contributed by atoms with van der Waals surface area (Å²) in [6, 6.07) is 2.24. The number of carbonyl (C=O) groups excluding carboxylic acids is 1. The monoisotopic (exact) mass is 451 g/mol. The molecule has 2 heterocycles. The van der Waals surface area contributed by atoms with E-state index in [0.29, 0.717) is 0 Å². The predicted molar refractivity (Wildman–Crippen MR) is 101 cm³/mol.